The van der Waals surface area contributed by atoms with E-state index >= 15 is 0 Å². The second kappa shape index (κ2) is 4.87. The van der Waals surface area contributed by atoms with Crippen LogP contribution in [0.5, 0.6) is 0 Å². The first-order valence-electron chi connectivity index (χ1n) is 6.94. The molecule has 2 heterocycles. The van der Waals surface area contributed by atoms with E-state index in [1.54, 1.807) is 11.3 Å². The molecule has 2 aromatic heterocycles. The van der Waals surface area contributed by atoms with Crippen LogP contribution in [0.15, 0.2) is 42.3 Å². The molecule has 3 nitrogen and oxygen atoms in total. The minimum Gasteiger partial charge on any atom is -0.381 e. The Bertz CT molecular complexity index is 733. The molecule has 4 heteroatoms. The first-order chi connectivity index (χ1) is 9.92. The second-order valence-corrected chi connectivity index (χ2v) is 6.11. The Hall–Kier alpha value is -1.94. The zero-order chi connectivity index (χ0) is 13.4. The van der Waals surface area contributed by atoms with E-state index in [2.05, 4.69) is 33.5 Å². The van der Waals surface area contributed by atoms with Crippen molar-refractivity contribution >= 4 is 27.8 Å². The second-order valence-electron chi connectivity index (χ2n) is 5.22. The number of nitrogens with zero attached hydrogens (tertiary/aromatic N) is 2. The molecular weight excluding hydrogens is 266 g/mol. The number of hydrogen-bond donors (Lipinski definition) is 1. The van der Waals surface area contributed by atoms with Gasteiger partial charge in [0, 0.05) is 41.0 Å². The van der Waals surface area contributed by atoms with Crippen molar-refractivity contribution in [3.63, 3.8) is 0 Å². The van der Waals surface area contributed by atoms with Gasteiger partial charge in [-0.25, -0.2) is 0 Å². The molecule has 0 atom stereocenters. The van der Waals surface area contributed by atoms with Crippen molar-refractivity contribution in [1.82, 2.24) is 9.97 Å². The monoisotopic (exact) mass is 281 g/mol. The van der Waals surface area contributed by atoms with Gasteiger partial charge in [-0.1, -0.05) is 12.1 Å². The smallest absolute Gasteiger partial charge is 0.0797 e. The Morgan fingerprint density at radius 2 is 2.05 bits per heavy atom. The Labute approximate surface area is 121 Å². The van der Waals surface area contributed by atoms with Gasteiger partial charge in [-0.05, 0) is 25.3 Å². The molecule has 3 aromatic rings. The lowest BCUT2D eigenvalue weighted by Gasteiger charge is -2.29. The lowest BCUT2D eigenvalue weighted by Crippen LogP contribution is -2.27. The summed E-state index contributed by atoms with van der Waals surface area (Å²) in [5.41, 5.74) is 4.37. The van der Waals surface area contributed by atoms with E-state index in [-0.39, 0.29) is 0 Å². The highest BCUT2D eigenvalue weighted by molar-refractivity contribution is 7.13. The summed E-state index contributed by atoms with van der Waals surface area (Å²) in [5, 5.41) is 6.16. The summed E-state index contributed by atoms with van der Waals surface area (Å²) in [6.07, 6.45) is 9.61. The van der Waals surface area contributed by atoms with Crippen LogP contribution in [0, 0.1) is 0 Å². The van der Waals surface area contributed by atoms with E-state index in [4.69, 9.17) is 0 Å². The molecule has 0 aliphatic heterocycles. The number of rotatable bonds is 3. The number of fused-ring (bicyclic) bond motifs is 1. The summed E-state index contributed by atoms with van der Waals surface area (Å²) in [5.74, 6) is 0. The Balaban J connectivity index is 1.90. The van der Waals surface area contributed by atoms with Crippen LogP contribution in [0.2, 0.25) is 0 Å². The number of pyridine rings is 1. The molecule has 20 heavy (non-hydrogen) atoms. The molecule has 100 valence electrons. The van der Waals surface area contributed by atoms with Gasteiger partial charge in [0.1, 0.15) is 0 Å². The Morgan fingerprint density at radius 1 is 1.10 bits per heavy atom. The van der Waals surface area contributed by atoms with Gasteiger partial charge in [0.15, 0.2) is 0 Å². The standard InChI is InChI=1S/C16H15N3S/c1-2-12(3-1)19-16-13-6-7-17-8-11(13)4-5-14(16)15-9-18-10-20-15/h4-10,12,19H,1-3H2. The Morgan fingerprint density at radius 3 is 2.80 bits per heavy atom. The summed E-state index contributed by atoms with van der Waals surface area (Å²) >= 11 is 1.68. The highest BCUT2D eigenvalue weighted by Crippen LogP contribution is 2.38. The molecule has 0 bridgehead atoms. The van der Waals surface area contributed by atoms with E-state index in [1.165, 1.54) is 46.2 Å². The van der Waals surface area contributed by atoms with E-state index in [0.29, 0.717) is 6.04 Å². The lowest BCUT2D eigenvalue weighted by molar-refractivity contribution is 0.446. The van der Waals surface area contributed by atoms with Crippen molar-refractivity contribution in [2.24, 2.45) is 0 Å². The van der Waals surface area contributed by atoms with Crippen molar-refractivity contribution in [1.29, 1.82) is 0 Å². The van der Waals surface area contributed by atoms with Gasteiger partial charge in [-0.15, -0.1) is 11.3 Å². The molecule has 0 spiro atoms. The average Bonchev–Trinajstić information content (AvgIpc) is 2.96. The number of anilines is 1. The number of benzene rings is 1. The molecule has 0 unspecified atom stereocenters. The van der Waals surface area contributed by atoms with E-state index in [9.17, 15) is 0 Å². The first-order valence-corrected chi connectivity index (χ1v) is 7.82. The third-order valence-electron chi connectivity index (χ3n) is 3.97. The van der Waals surface area contributed by atoms with Crippen LogP contribution in [0.25, 0.3) is 21.2 Å². The van der Waals surface area contributed by atoms with Crippen LogP contribution in [0.3, 0.4) is 0 Å². The largest absolute Gasteiger partial charge is 0.381 e. The van der Waals surface area contributed by atoms with E-state index < -0.39 is 0 Å². The first kappa shape index (κ1) is 11.9. The predicted octanol–water partition coefficient (Wildman–Crippen LogP) is 4.32. The minimum absolute atomic E-state index is 0.612. The molecule has 1 aromatic carbocycles. The van der Waals surface area contributed by atoms with Crippen molar-refractivity contribution < 1.29 is 0 Å². The van der Waals surface area contributed by atoms with Gasteiger partial charge in [-0.3, -0.25) is 9.97 Å². The summed E-state index contributed by atoms with van der Waals surface area (Å²) in [7, 11) is 0. The quantitative estimate of drug-likeness (QED) is 0.776. The summed E-state index contributed by atoms with van der Waals surface area (Å²) in [6.45, 7) is 0. The van der Waals surface area contributed by atoms with Crippen LogP contribution in [0.4, 0.5) is 5.69 Å². The van der Waals surface area contributed by atoms with Gasteiger partial charge in [0.25, 0.3) is 0 Å². The van der Waals surface area contributed by atoms with Crippen LogP contribution >= 0.6 is 11.3 Å². The third-order valence-corrected chi connectivity index (χ3v) is 4.78. The third kappa shape index (κ3) is 1.96. The zero-order valence-corrected chi connectivity index (χ0v) is 11.9. The van der Waals surface area contributed by atoms with Gasteiger partial charge in [-0.2, -0.15) is 0 Å². The maximum Gasteiger partial charge on any atom is 0.0797 e. The van der Waals surface area contributed by atoms with Crippen molar-refractivity contribution in [3.8, 4) is 10.4 Å². The molecule has 0 radical (unpaired) electrons. The predicted molar refractivity (Wildman–Crippen MR) is 84.1 cm³/mol. The Kier molecular flexibility index (Phi) is 2.89. The molecule has 0 saturated heterocycles. The number of nitrogens with one attached hydrogen (secondary N) is 1. The van der Waals surface area contributed by atoms with Gasteiger partial charge in [0.2, 0.25) is 0 Å². The summed E-state index contributed by atoms with van der Waals surface area (Å²) in [6, 6.07) is 7.03. The number of hydrogen-bond acceptors (Lipinski definition) is 4. The average molecular weight is 281 g/mol. The topological polar surface area (TPSA) is 37.8 Å². The fourth-order valence-electron chi connectivity index (χ4n) is 2.64. The van der Waals surface area contributed by atoms with Crippen LogP contribution < -0.4 is 5.32 Å². The van der Waals surface area contributed by atoms with Crippen LogP contribution in [0.1, 0.15) is 19.3 Å². The lowest BCUT2D eigenvalue weighted by atomic mass is 9.92. The number of thiazole rings is 1. The van der Waals surface area contributed by atoms with Crippen LogP contribution in [-0.2, 0) is 0 Å². The van der Waals surface area contributed by atoms with Crippen molar-refractivity contribution in [2.75, 3.05) is 5.32 Å². The highest BCUT2D eigenvalue weighted by Gasteiger charge is 2.20. The van der Waals surface area contributed by atoms with E-state index in [0.717, 1.165) is 0 Å². The fourth-order valence-corrected chi connectivity index (χ4v) is 3.29. The maximum absolute atomic E-state index is 4.22. The molecular formula is C16H15N3S. The fraction of sp³-hybridized carbons (Fsp3) is 0.250. The highest BCUT2D eigenvalue weighted by atomic mass is 32.1. The van der Waals surface area contributed by atoms with Gasteiger partial charge < -0.3 is 5.32 Å². The molecule has 0 amide bonds. The van der Waals surface area contributed by atoms with Crippen molar-refractivity contribution in [2.45, 2.75) is 25.3 Å². The van der Waals surface area contributed by atoms with E-state index in [1.807, 2.05) is 24.1 Å². The normalized spacial score (nSPS) is 15.2. The maximum atomic E-state index is 4.22. The molecule has 1 aliphatic rings. The molecule has 4 rings (SSSR count). The molecule has 1 aliphatic carbocycles. The van der Waals surface area contributed by atoms with Gasteiger partial charge in [0.05, 0.1) is 16.1 Å². The SMILES string of the molecule is c1cc2c(NC3CCC3)c(-c3cncs3)ccc2cn1. The van der Waals surface area contributed by atoms with Gasteiger partial charge >= 0.3 is 0 Å². The molecule has 1 fully saturated rings. The van der Waals surface area contributed by atoms with Crippen molar-refractivity contribution in [3.05, 3.63) is 42.3 Å². The zero-order valence-electron chi connectivity index (χ0n) is 11.0. The minimum atomic E-state index is 0.612. The summed E-state index contributed by atoms with van der Waals surface area (Å²) in [4.78, 5) is 9.65. The molecule has 1 N–H and O–H groups in total. The molecule has 1 saturated carbocycles. The van der Waals surface area contributed by atoms with Crippen LogP contribution in [-0.4, -0.2) is 16.0 Å². The number of aromatic nitrogens is 2. The summed E-state index contributed by atoms with van der Waals surface area (Å²) < 4.78 is 0.